The molecule has 0 bridgehead atoms. The van der Waals surface area contributed by atoms with Gasteiger partial charge >= 0.3 is 0 Å². The van der Waals surface area contributed by atoms with Crippen LogP contribution in [0.4, 0.5) is 8.78 Å². The van der Waals surface area contributed by atoms with Gasteiger partial charge in [-0.15, -0.1) is 0 Å². The molecule has 0 atom stereocenters. The van der Waals surface area contributed by atoms with Gasteiger partial charge in [0.15, 0.2) is 0 Å². The minimum absolute atomic E-state index is 0.228. The molecule has 1 aliphatic rings. The molecule has 1 fully saturated rings. The molecule has 0 heterocycles. The summed E-state index contributed by atoms with van der Waals surface area (Å²) in [6, 6.07) is 8.47. The fourth-order valence-corrected chi connectivity index (χ4v) is 2.83. The van der Waals surface area contributed by atoms with E-state index in [0.29, 0.717) is 12.6 Å². The molecule has 0 amide bonds. The molecular weight excluding hydrogens is 268 g/mol. The van der Waals surface area contributed by atoms with Crippen molar-refractivity contribution in [2.45, 2.75) is 39.3 Å². The minimum atomic E-state index is -0.233. The standard InChI is InChI=1S/C18H19F2N/c1-11-7-15(20)8-12(2)18(11)17-6-3-14(19)9-13(17)10-21-16-4-5-16/h3,6-9,16,21H,4-5,10H2,1-2H3. The van der Waals surface area contributed by atoms with Crippen molar-refractivity contribution >= 4 is 0 Å². The molecule has 21 heavy (non-hydrogen) atoms. The van der Waals surface area contributed by atoms with E-state index < -0.39 is 0 Å². The Hall–Kier alpha value is -1.74. The average molecular weight is 287 g/mol. The van der Waals surface area contributed by atoms with Gasteiger partial charge in [-0.05, 0) is 78.8 Å². The fourth-order valence-electron chi connectivity index (χ4n) is 2.83. The highest BCUT2D eigenvalue weighted by Gasteiger charge is 2.21. The zero-order chi connectivity index (χ0) is 15.0. The first-order valence-electron chi connectivity index (χ1n) is 7.33. The normalized spacial score (nSPS) is 14.5. The number of halogens is 2. The quantitative estimate of drug-likeness (QED) is 0.873. The maximum absolute atomic E-state index is 13.6. The molecule has 3 heteroatoms. The highest BCUT2D eigenvalue weighted by Crippen LogP contribution is 2.32. The lowest BCUT2D eigenvalue weighted by Crippen LogP contribution is -2.16. The van der Waals surface area contributed by atoms with Crippen LogP contribution in [-0.2, 0) is 6.54 Å². The van der Waals surface area contributed by atoms with E-state index in [0.717, 1.165) is 27.8 Å². The molecular formula is C18H19F2N. The first-order valence-corrected chi connectivity index (χ1v) is 7.33. The van der Waals surface area contributed by atoms with E-state index in [-0.39, 0.29) is 11.6 Å². The fraction of sp³-hybridized carbons (Fsp3) is 0.333. The Morgan fingerprint density at radius 2 is 1.67 bits per heavy atom. The Morgan fingerprint density at radius 3 is 2.29 bits per heavy atom. The van der Waals surface area contributed by atoms with Crippen molar-refractivity contribution in [3.05, 3.63) is 58.7 Å². The highest BCUT2D eigenvalue weighted by molar-refractivity contribution is 5.73. The van der Waals surface area contributed by atoms with Gasteiger partial charge < -0.3 is 5.32 Å². The summed E-state index contributed by atoms with van der Waals surface area (Å²) in [6.07, 6.45) is 2.39. The molecule has 1 saturated carbocycles. The van der Waals surface area contributed by atoms with E-state index >= 15 is 0 Å². The molecule has 2 aromatic rings. The second-order valence-electron chi connectivity index (χ2n) is 5.87. The van der Waals surface area contributed by atoms with E-state index in [4.69, 9.17) is 0 Å². The smallest absolute Gasteiger partial charge is 0.123 e. The van der Waals surface area contributed by atoms with Gasteiger partial charge in [-0.2, -0.15) is 0 Å². The summed E-state index contributed by atoms with van der Waals surface area (Å²) in [5, 5.41) is 3.42. The highest BCUT2D eigenvalue weighted by atomic mass is 19.1. The van der Waals surface area contributed by atoms with Crippen LogP contribution < -0.4 is 5.32 Å². The van der Waals surface area contributed by atoms with E-state index in [9.17, 15) is 8.78 Å². The van der Waals surface area contributed by atoms with E-state index in [1.54, 1.807) is 12.1 Å². The van der Waals surface area contributed by atoms with Crippen LogP contribution in [0.1, 0.15) is 29.5 Å². The third kappa shape index (κ3) is 3.13. The van der Waals surface area contributed by atoms with E-state index in [1.165, 1.54) is 31.0 Å². The van der Waals surface area contributed by atoms with Crippen molar-refractivity contribution in [1.29, 1.82) is 0 Å². The molecule has 0 aromatic heterocycles. The van der Waals surface area contributed by atoms with Crippen LogP contribution in [0.5, 0.6) is 0 Å². The van der Waals surface area contributed by atoms with Crippen LogP contribution in [0.2, 0.25) is 0 Å². The Labute approximate surface area is 124 Å². The average Bonchev–Trinajstić information content (AvgIpc) is 3.21. The maximum atomic E-state index is 13.6. The number of nitrogens with one attached hydrogen (secondary N) is 1. The Balaban J connectivity index is 2.04. The number of aryl methyl sites for hydroxylation is 2. The topological polar surface area (TPSA) is 12.0 Å². The number of hydrogen-bond acceptors (Lipinski definition) is 1. The lowest BCUT2D eigenvalue weighted by molar-refractivity contribution is 0.619. The third-order valence-corrected chi connectivity index (χ3v) is 3.99. The molecule has 0 unspecified atom stereocenters. The van der Waals surface area contributed by atoms with E-state index in [1.807, 2.05) is 13.8 Å². The van der Waals surface area contributed by atoms with Crippen molar-refractivity contribution in [1.82, 2.24) is 5.32 Å². The van der Waals surface area contributed by atoms with E-state index in [2.05, 4.69) is 5.32 Å². The summed E-state index contributed by atoms with van der Waals surface area (Å²) in [6.45, 7) is 4.44. The second-order valence-corrected chi connectivity index (χ2v) is 5.87. The van der Waals surface area contributed by atoms with Crippen LogP contribution in [0.15, 0.2) is 30.3 Å². The van der Waals surface area contributed by atoms with Crippen molar-refractivity contribution in [3.63, 3.8) is 0 Å². The van der Waals surface area contributed by atoms with Gasteiger partial charge in [-0.1, -0.05) is 6.07 Å². The minimum Gasteiger partial charge on any atom is -0.310 e. The molecule has 1 aliphatic carbocycles. The predicted octanol–water partition coefficient (Wildman–Crippen LogP) is 4.50. The summed E-state index contributed by atoms with van der Waals surface area (Å²) in [5.41, 5.74) is 4.68. The van der Waals surface area contributed by atoms with Gasteiger partial charge in [0.2, 0.25) is 0 Å². The first kappa shape index (κ1) is 14.2. The van der Waals surface area contributed by atoms with Crippen LogP contribution >= 0.6 is 0 Å². The van der Waals surface area contributed by atoms with Gasteiger partial charge in [0.1, 0.15) is 11.6 Å². The Kier molecular flexibility index (Phi) is 3.77. The summed E-state index contributed by atoms with van der Waals surface area (Å²) in [5.74, 6) is -0.461. The lowest BCUT2D eigenvalue weighted by Gasteiger charge is -2.15. The van der Waals surface area contributed by atoms with Crippen molar-refractivity contribution in [3.8, 4) is 11.1 Å². The molecule has 110 valence electrons. The van der Waals surface area contributed by atoms with Crippen molar-refractivity contribution in [2.24, 2.45) is 0 Å². The van der Waals surface area contributed by atoms with Crippen molar-refractivity contribution in [2.75, 3.05) is 0 Å². The summed E-state index contributed by atoms with van der Waals surface area (Å²) in [4.78, 5) is 0. The molecule has 0 radical (unpaired) electrons. The molecule has 0 saturated heterocycles. The largest absolute Gasteiger partial charge is 0.310 e. The van der Waals surface area contributed by atoms with Gasteiger partial charge in [0, 0.05) is 12.6 Å². The zero-order valence-electron chi connectivity index (χ0n) is 12.3. The third-order valence-electron chi connectivity index (χ3n) is 3.99. The number of rotatable bonds is 4. The number of benzene rings is 2. The van der Waals surface area contributed by atoms with Gasteiger partial charge in [0.05, 0.1) is 0 Å². The zero-order valence-corrected chi connectivity index (χ0v) is 12.3. The molecule has 3 rings (SSSR count). The second kappa shape index (κ2) is 5.57. The van der Waals surface area contributed by atoms with Crippen molar-refractivity contribution < 1.29 is 8.78 Å². The van der Waals surface area contributed by atoms with Crippen LogP contribution in [0.25, 0.3) is 11.1 Å². The summed E-state index contributed by atoms with van der Waals surface area (Å²) < 4.78 is 27.1. The molecule has 1 nitrogen and oxygen atoms in total. The molecule has 1 N–H and O–H groups in total. The summed E-state index contributed by atoms with van der Waals surface area (Å²) >= 11 is 0. The number of hydrogen-bond donors (Lipinski definition) is 1. The Bertz CT molecular complexity index is 652. The first-order chi connectivity index (χ1) is 10.0. The van der Waals surface area contributed by atoms with Gasteiger partial charge in [-0.3, -0.25) is 0 Å². The molecule has 0 spiro atoms. The molecule has 0 aliphatic heterocycles. The Morgan fingerprint density at radius 1 is 1.00 bits per heavy atom. The predicted molar refractivity (Wildman–Crippen MR) is 81.1 cm³/mol. The molecule has 2 aromatic carbocycles. The summed E-state index contributed by atoms with van der Waals surface area (Å²) in [7, 11) is 0. The maximum Gasteiger partial charge on any atom is 0.123 e. The SMILES string of the molecule is Cc1cc(F)cc(C)c1-c1ccc(F)cc1CNC1CC1. The van der Waals surface area contributed by atoms with Gasteiger partial charge in [-0.25, -0.2) is 8.78 Å². The monoisotopic (exact) mass is 287 g/mol. The van der Waals surface area contributed by atoms with Gasteiger partial charge in [0.25, 0.3) is 0 Å². The van der Waals surface area contributed by atoms with Crippen LogP contribution in [0.3, 0.4) is 0 Å². The lowest BCUT2D eigenvalue weighted by atomic mass is 9.92. The van der Waals surface area contributed by atoms with Crippen LogP contribution in [0, 0.1) is 25.5 Å². The van der Waals surface area contributed by atoms with Crippen LogP contribution in [-0.4, -0.2) is 6.04 Å².